The molecule has 1 nitrogen and oxygen atoms in total. The van der Waals surface area contributed by atoms with Gasteiger partial charge in [-0.1, -0.05) is 135 Å². The summed E-state index contributed by atoms with van der Waals surface area (Å²) in [5, 5.41) is 2.67. The van der Waals surface area contributed by atoms with Crippen molar-refractivity contribution in [3.05, 3.63) is 186 Å². The molecule has 0 N–H and O–H groups in total. The Morgan fingerprint density at radius 3 is 1.96 bits per heavy atom. The standard InChI is InChI=1S/C46H33N/c1-46(2)40-20-12-11-18-34(40)37-24-26-42-44(45(37)46)39-28-31(22-25-41(39)47(42)32-15-7-4-8-16-32)30-21-23-36-38(27-30)33-17-9-10-19-35(33)43(36)29-13-5-3-6-14-29/h3-28,43H,1-2H3. The molecule has 8 aromatic rings. The fourth-order valence-corrected chi connectivity index (χ4v) is 8.80. The Morgan fingerprint density at radius 2 is 1.13 bits per heavy atom. The van der Waals surface area contributed by atoms with Gasteiger partial charge in [0.1, 0.15) is 0 Å². The molecule has 0 aliphatic heterocycles. The van der Waals surface area contributed by atoms with E-state index in [2.05, 4.69) is 176 Å². The highest BCUT2D eigenvalue weighted by Crippen LogP contribution is 2.54. The minimum absolute atomic E-state index is 0.110. The van der Waals surface area contributed by atoms with E-state index in [9.17, 15) is 0 Å². The first-order valence-electron chi connectivity index (χ1n) is 16.6. The van der Waals surface area contributed by atoms with Gasteiger partial charge in [-0.05, 0) is 97.6 Å². The van der Waals surface area contributed by atoms with Gasteiger partial charge in [-0.15, -0.1) is 0 Å². The monoisotopic (exact) mass is 599 g/mol. The van der Waals surface area contributed by atoms with Crippen LogP contribution in [0.25, 0.3) is 60.9 Å². The zero-order chi connectivity index (χ0) is 31.3. The van der Waals surface area contributed by atoms with E-state index in [1.54, 1.807) is 0 Å². The number of benzene rings is 7. The second-order valence-electron chi connectivity index (χ2n) is 13.7. The maximum atomic E-state index is 2.46. The molecule has 1 aromatic heterocycles. The van der Waals surface area contributed by atoms with Crippen LogP contribution in [0.5, 0.6) is 0 Å². The highest BCUT2D eigenvalue weighted by atomic mass is 15.0. The lowest BCUT2D eigenvalue weighted by atomic mass is 9.80. The first-order chi connectivity index (χ1) is 23.1. The zero-order valence-electron chi connectivity index (χ0n) is 26.5. The van der Waals surface area contributed by atoms with Crippen molar-refractivity contribution in [3.63, 3.8) is 0 Å². The van der Waals surface area contributed by atoms with Crippen molar-refractivity contribution in [2.45, 2.75) is 25.2 Å². The number of hydrogen-bond acceptors (Lipinski definition) is 0. The molecule has 0 saturated carbocycles. The second kappa shape index (κ2) is 9.67. The molecule has 1 atom stereocenters. The van der Waals surface area contributed by atoms with Gasteiger partial charge in [0, 0.05) is 27.8 Å². The Bertz CT molecular complexity index is 2530. The van der Waals surface area contributed by atoms with E-state index in [-0.39, 0.29) is 11.3 Å². The lowest BCUT2D eigenvalue weighted by molar-refractivity contribution is 0.666. The first kappa shape index (κ1) is 26.5. The van der Waals surface area contributed by atoms with Crippen LogP contribution in [0.4, 0.5) is 0 Å². The summed E-state index contributed by atoms with van der Waals surface area (Å²) in [5.74, 6) is 0.259. The average molecular weight is 600 g/mol. The van der Waals surface area contributed by atoms with Gasteiger partial charge in [-0.25, -0.2) is 0 Å². The molecule has 10 rings (SSSR count). The molecule has 47 heavy (non-hydrogen) atoms. The van der Waals surface area contributed by atoms with E-state index in [0.717, 1.165) is 0 Å². The minimum atomic E-state index is -0.110. The minimum Gasteiger partial charge on any atom is -0.309 e. The van der Waals surface area contributed by atoms with Crippen LogP contribution < -0.4 is 0 Å². The summed E-state index contributed by atoms with van der Waals surface area (Å²) in [7, 11) is 0. The predicted octanol–water partition coefficient (Wildman–Crippen LogP) is 11.9. The van der Waals surface area contributed by atoms with E-state index in [0.29, 0.717) is 0 Å². The molecule has 0 amide bonds. The topological polar surface area (TPSA) is 4.93 Å². The van der Waals surface area contributed by atoms with Gasteiger partial charge in [0.25, 0.3) is 0 Å². The van der Waals surface area contributed by atoms with Crippen LogP contribution in [0.2, 0.25) is 0 Å². The van der Waals surface area contributed by atoms with Crippen LogP contribution in [0, 0.1) is 0 Å². The molecule has 0 bridgehead atoms. The molecule has 1 unspecified atom stereocenters. The Hall–Kier alpha value is -5.66. The third kappa shape index (κ3) is 3.66. The summed E-state index contributed by atoms with van der Waals surface area (Å²) in [6.07, 6.45) is 0. The van der Waals surface area contributed by atoms with Crippen molar-refractivity contribution in [3.8, 4) is 39.1 Å². The van der Waals surface area contributed by atoms with Gasteiger partial charge < -0.3 is 4.57 Å². The molecule has 222 valence electrons. The quantitative estimate of drug-likeness (QED) is 0.190. The largest absolute Gasteiger partial charge is 0.309 e. The number of rotatable bonds is 3. The maximum absolute atomic E-state index is 2.46. The lowest BCUT2D eigenvalue weighted by Gasteiger charge is -2.22. The van der Waals surface area contributed by atoms with Crippen LogP contribution in [0.15, 0.2) is 158 Å². The SMILES string of the molecule is CC1(C)c2ccccc2-c2ccc3c(c21)c1cc(-c2ccc4c(c2)-c2ccccc2C4c2ccccc2)ccc1n3-c1ccccc1. The van der Waals surface area contributed by atoms with Gasteiger partial charge in [0.05, 0.1) is 11.0 Å². The summed E-state index contributed by atoms with van der Waals surface area (Å²) in [5.41, 5.74) is 18.5. The third-order valence-electron chi connectivity index (χ3n) is 10.9. The van der Waals surface area contributed by atoms with Crippen LogP contribution >= 0.6 is 0 Å². The molecular weight excluding hydrogens is 567 g/mol. The van der Waals surface area contributed by atoms with Gasteiger partial charge in [-0.3, -0.25) is 0 Å². The number of aromatic nitrogens is 1. The molecule has 2 aliphatic carbocycles. The van der Waals surface area contributed by atoms with Crippen molar-refractivity contribution < 1.29 is 0 Å². The Labute approximate surface area is 275 Å². The van der Waals surface area contributed by atoms with Crippen LogP contribution in [0.1, 0.15) is 47.6 Å². The molecule has 2 aliphatic rings. The Morgan fingerprint density at radius 1 is 0.489 bits per heavy atom. The van der Waals surface area contributed by atoms with E-state index in [4.69, 9.17) is 0 Å². The van der Waals surface area contributed by atoms with E-state index >= 15 is 0 Å². The molecular formula is C46H33N. The van der Waals surface area contributed by atoms with Gasteiger partial charge in [0.15, 0.2) is 0 Å². The zero-order valence-corrected chi connectivity index (χ0v) is 26.5. The number of para-hydroxylation sites is 1. The van der Waals surface area contributed by atoms with Crippen molar-refractivity contribution in [1.82, 2.24) is 4.57 Å². The first-order valence-corrected chi connectivity index (χ1v) is 16.6. The molecule has 0 spiro atoms. The number of fused-ring (bicyclic) bond motifs is 10. The molecule has 0 radical (unpaired) electrons. The molecule has 1 heteroatoms. The normalized spacial score (nSPS) is 15.4. The lowest BCUT2D eigenvalue weighted by Crippen LogP contribution is -2.15. The molecule has 0 saturated heterocycles. The maximum Gasteiger partial charge on any atom is 0.0544 e. The van der Waals surface area contributed by atoms with Crippen molar-refractivity contribution in [2.24, 2.45) is 0 Å². The Kier molecular flexibility index (Phi) is 5.46. The fraction of sp³-hybridized carbons (Fsp3) is 0.0870. The second-order valence-corrected chi connectivity index (χ2v) is 13.7. The van der Waals surface area contributed by atoms with Crippen molar-refractivity contribution >= 4 is 21.8 Å². The fourth-order valence-electron chi connectivity index (χ4n) is 8.80. The van der Waals surface area contributed by atoms with Gasteiger partial charge in [-0.2, -0.15) is 0 Å². The number of hydrogen-bond donors (Lipinski definition) is 0. The summed E-state index contributed by atoms with van der Waals surface area (Å²) in [6, 6.07) is 58.6. The van der Waals surface area contributed by atoms with Crippen LogP contribution in [0.3, 0.4) is 0 Å². The van der Waals surface area contributed by atoms with E-state index in [1.165, 1.54) is 88.7 Å². The van der Waals surface area contributed by atoms with E-state index < -0.39 is 0 Å². The predicted molar refractivity (Wildman–Crippen MR) is 197 cm³/mol. The summed E-state index contributed by atoms with van der Waals surface area (Å²) in [4.78, 5) is 0. The van der Waals surface area contributed by atoms with Gasteiger partial charge >= 0.3 is 0 Å². The summed E-state index contributed by atoms with van der Waals surface area (Å²) >= 11 is 0. The third-order valence-corrected chi connectivity index (χ3v) is 10.9. The highest BCUT2D eigenvalue weighted by molar-refractivity contribution is 6.15. The smallest absolute Gasteiger partial charge is 0.0544 e. The number of nitrogens with zero attached hydrogens (tertiary/aromatic N) is 1. The summed E-state index contributed by atoms with van der Waals surface area (Å²) < 4.78 is 2.46. The van der Waals surface area contributed by atoms with Crippen molar-refractivity contribution in [2.75, 3.05) is 0 Å². The van der Waals surface area contributed by atoms with Crippen LogP contribution in [-0.2, 0) is 5.41 Å². The molecule has 0 fully saturated rings. The van der Waals surface area contributed by atoms with Crippen LogP contribution in [-0.4, -0.2) is 4.57 Å². The van der Waals surface area contributed by atoms with E-state index in [1.807, 2.05) is 0 Å². The molecule has 1 heterocycles. The summed E-state index contributed by atoms with van der Waals surface area (Å²) in [6.45, 7) is 4.79. The Balaban J connectivity index is 1.22. The molecule has 7 aromatic carbocycles. The highest BCUT2D eigenvalue weighted by Gasteiger charge is 2.38. The average Bonchev–Trinajstić information content (AvgIpc) is 3.71. The van der Waals surface area contributed by atoms with Gasteiger partial charge in [0.2, 0.25) is 0 Å². The van der Waals surface area contributed by atoms with Crippen molar-refractivity contribution in [1.29, 1.82) is 0 Å².